The third kappa shape index (κ3) is 3.94. The maximum atomic E-state index is 15.5. The van der Waals surface area contributed by atoms with E-state index < -0.39 is 5.82 Å². The van der Waals surface area contributed by atoms with Crippen LogP contribution in [0.4, 0.5) is 21.7 Å². The first-order chi connectivity index (χ1) is 20.4. The topological polar surface area (TPSA) is 97.5 Å². The van der Waals surface area contributed by atoms with Gasteiger partial charge in [0.25, 0.3) is 11.5 Å². The highest BCUT2D eigenvalue weighted by molar-refractivity contribution is 5.98. The number of allylic oxidation sites excluding steroid dienone is 2. The fraction of sp³-hybridized carbons (Fsp3) is 0.355. The van der Waals surface area contributed by atoms with Crippen LogP contribution in [0.5, 0.6) is 5.75 Å². The van der Waals surface area contributed by atoms with E-state index in [1.165, 1.54) is 40.9 Å². The van der Waals surface area contributed by atoms with Crippen LogP contribution in [-0.4, -0.2) is 56.9 Å². The molecule has 1 spiro atoms. The highest BCUT2D eigenvalue weighted by atomic mass is 19.1. The fourth-order valence-corrected chi connectivity index (χ4v) is 6.77. The number of anilines is 3. The molecule has 5 heterocycles. The molecule has 1 aliphatic carbocycles. The molecular formula is C31H30FN7O3. The number of amides is 1. The van der Waals surface area contributed by atoms with Gasteiger partial charge in [-0.1, -0.05) is 18.2 Å². The van der Waals surface area contributed by atoms with Crippen molar-refractivity contribution in [3.63, 3.8) is 0 Å². The number of nitrogens with zero attached hydrogens (tertiary/aromatic N) is 6. The molecule has 0 saturated heterocycles. The molecule has 0 radical (unpaired) electrons. The molecule has 1 N–H and O–H groups in total. The van der Waals surface area contributed by atoms with Crippen molar-refractivity contribution in [1.29, 1.82) is 0 Å². The van der Waals surface area contributed by atoms with E-state index in [4.69, 9.17) is 9.72 Å². The van der Waals surface area contributed by atoms with Gasteiger partial charge in [-0.25, -0.2) is 18.7 Å². The Hall–Kier alpha value is -4.51. The van der Waals surface area contributed by atoms with E-state index in [0.717, 1.165) is 18.8 Å². The van der Waals surface area contributed by atoms with E-state index in [1.54, 1.807) is 15.6 Å². The number of hydrogen-bond acceptors (Lipinski definition) is 7. The minimum absolute atomic E-state index is 0.0410. The number of carbonyl (C=O) groups is 1. The minimum Gasteiger partial charge on any atom is -0.478 e. The second kappa shape index (κ2) is 9.25. The molecule has 42 heavy (non-hydrogen) atoms. The Bertz CT molecular complexity index is 1870. The van der Waals surface area contributed by atoms with Crippen LogP contribution >= 0.6 is 0 Å². The Morgan fingerprint density at radius 2 is 2.00 bits per heavy atom. The summed E-state index contributed by atoms with van der Waals surface area (Å²) in [5, 5.41) is 3.64. The second-order valence-electron chi connectivity index (χ2n) is 11.8. The molecule has 8 rings (SSSR count). The van der Waals surface area contributed by atoms with E-state index >= 15 is 4.39 Å². The summed E-state index contributed by atoms with van der Waals surface area (Å²) in [6, 6.07) is 9.44. The lowest BCUT2D eigenvalue weighted by Gasteiger charge is -2.32. The normalized spacial score (nSPS) is 19.9. The number of aromatic nitrogens is 4. The maximum absolute atomic E-state index is 15.5. The Labute approximate surface area is 241 Å². The smallest absolute Gasteiger partial charge is 0.278 e. The molecule has 2 aromatic carbocycles. The van der Waals surface area contributed by atoms with Crippen molar-refractivity contribution < 1.29 is 13.9 Å². The lowest BCUT2D eigenvalue weighted by Crippen LogP contribution is -2.40. The van der Waals surface area contributed by atoms with E-state index in [0.29, 0.717) is 53.2 Å². The molecule has 214 valence electrons. The Balaban J connectivity index is 1.25. The molecule has 10 nitrogen and oxygen atoms in total. The quantitative estimate of drug-likeness (QED) is 0.366. The number of hydrogen-bond donors (Lipinski definition) is 1. The lowest BCUT2D eigenvalue weighted by molar-refractivity contribution is -0.121. The predicted octanol–water partition coefficient (Wildman–Crippen LogP) is 4.02. The standard InChI is InChI=1S/C31H30FN7O3/c1-36-16-19-12-20(6-7-23(19)31(18-36)8-9-31)34-30-33-15-22-28(35-30)39-21-13-24(32)27-25(14-21)37(26(40)17-42-27)10-4-2-3-5-11-38(39)29(22)41/h3,5-7,12-15H,2,4,8-11,16-18H2,1H3,(H,33,34,35)/b5-3-. The number of fused-ring (bicyclic) bond motifs is 7. The van der Waals surface area contributed by atoms with Gasteiger partial charge < -0.3 is 19.9 Å². The molecule has 4 aromatic rings. The van der Waals surface area contributed by atoms with Gasteiger partial charge in [0.15, 0.2) is 23.8 Å². The van der Waals surface area contributed by atoms with E-state index in [2.05, 4.69) is 40.4 Å². The van der Waals surface area contributed by atoms with E-state index in [9.17, 15) is 9.59 Å². The van der Waals surface area contributed by atoms with Crippen LogP contribution in [-0.2, 0) is 23.3 Å². The summed E-state index contributed by atoms with van der Waals surface area (Å²) in [6.07, 6.45) is 9.28. The minimum atomic E-state index is -0.603. The van der Waals surface area contributed by atoms with Crippen LogP contribution in [0.3, 0.4) is 0 Å². The SMILES string of the molecule is CN1Cc2cc(Nc3ncc4c(=O)n5n(c4n3)-c3cc(F)c4c(c3)N(CCC/C=C\C5)C(=O)CO4)ccc2C2(CC2)C1. The average Bonchev–Trinajstić information content (AvgIpc) is 3.66. The highest BCUT2D eigenvalue weighted by Gasteiger charge is 2.48. The maximum Gasteiger partial charge on any atom is 0.278 e. The average molecular weight is 568 g/mol. The monoisotopic (exact) mass is 567 g/mol. The molecule has 0 atom stereocenters. The van der Waals surface area contributed by atoms with Gasteiger partial charge in [0.05, 0.1) is 17.9 Å². The number of halogens is 1. The van der Waals surface area contributed by atoms with Crippen molar-refractivity contribution in [2.75, 3.05) is 37.0 Å². The zero-order valence-electron chi connectivity index (χ0n) is 23.3. The van der Waals surface area contributed by atoms with Crippen LogP contribution in [0.2, 0.25) is 0 Å². The Morgan fingerprint density at radius 3 is 2.86 bits per heavy atom. The van der Waals surface area contributed by atoms with Crippen molar-refractivity contribution in [2.45, 2.75) is 44.2 Å². The Kier molecular flexibility index (Phi) is 5.55. The fourth-order valence-electron chi connectivity index (χ4n) is 6.77. The number of rotatable bonds is 2. The predicted molar refractivity (Wildman–Crippen MR) is 156 cm³/mol. The summed E-state index contributed by atoms with van der Waals surface area (Å²) in [5.74, 6) is -0.464. The lowest BCUT2D eigenvalue weighted by atomic mass is 9.87. The number of ether oxygens (including phenoxy) is 1. The van der Waals surface area contributed by atoms with Crippen LogP contribution in [0.25, 0.3) is 16.7 Å². The third-order valence-electron chi connectivity index (χ3n) is 8.86. The zero-order valence-corrected chi connectivity index (χ0v) is 23.3. The highest BCUT2D eigenvalue weighted by Crippen LogP contribution is 2.52. The van der Waals surface area contributed by atoms with Gasteiger partial charge in [0.1, 0.15) is 5.39 Å². The van der Waals surface area contributed by atoms with Crippen molar-refractivity contribution in [3.05, 3.63) is 76.0 Å². The Morgan fingerprint density at radius 1 is 1.12 bits per heavy atom. The number of nitrogens with one attached hydrogen (secondary N) is 1. The molecular weight excluding hydrogens is 537 g/mol. The number of carbonyl (C=O) groups excluding carboxylic acids is 1. The summed E-state index contributed by atoms with van der Waals surface area (Å²) < 4.78 is 24.1. The molecule has 2 bridgehead atoms. The second-order valence-corrected chi connectivity index (χ2v) is 11.8. The van der Waals surface area contributed by atoms with Crippen LogP contribution < -0.4 is 20.5 Å². The van der Waals surface area contributed by atoms with Crippen LogP contribution in [0.15, 0.2) is 53.5 Å². The van der Waals surface area contributed by atoms with Gasteiger partial charge in [-0.05, 0) is 62.1 Å². The molecule has 4 aliphatic rings. The summed E-state index contributed by atoms with van der Waals surface area (Å²) in [7, 11) is 2.16. The van der Waals surface area contributed by atoms with Crippen molar-refractivity contribution >= 4 is 34.3 Å². The summed E-state index contributed by atoms with van der Waals surface area (Å²) in [6.45, 7) is 2.48. The van der Waals surface area contributed by atoms with Crippen LogP contribution in [0.1, 0.15) is 36.8 Å². The van der Waals surface area contributed by atoms with Crippen molar-refractivity contribution in [1.82, 2.24) is 24.2 Å². The van der Waals surface area contributed by atoms with E-state index in [-0.39, 0.29) is 30.4 Å². The largest absolute Gasteiger partial charge is 0.478 e. The van der Waals surface area contributed by atoms with Gasteiger partial charge in [0, 0.05) is 43.0 Å². The summed E-state index contributed by atoms with van der Waals surface area (Å²) >= 11 is 0. The van der Waals surface area contributed by atoms with Crippen molar-refractivity contribution in [2.24, 2.45) is 0 Å². The third-order valence-corrected chi connectivity index (χ3v) is 8.86. The van der Waals surface area contributed by atoms with Gasteiger partial charge in [0.2, 0.25) is 5.95 Å². The van der Waals surface area contributed by atoms with Gasteiger partial charge in [-0.15, -0.1) is 0 Å². The molecule has 1 saturated carbocycles. The van der Waals surface area contributed by atoms with Crippen LogP contribution in [0, 0.1) is 5.82 Å². The molecule has 2 aromatic heterocycles. The number of benzene rings is 2. The molecule has 1 amide bonds. The first-order valence-corrected chi connectivity index (χ1v) is 14.4. The van der Waals surface area contributed by atoms with Crippen molar-refractivity contribution in [3.8, 4) is 11.4 Å². The molecule has 0 unspecified atom stereocenters. The molecule has 11 heteroatoms. The zero-order chi connectivity index (χ0) is 28.6. The summed E-state index contributed by atoms with van der Waals surface area (Å²) in [4.78, 5) is 39.5. The first-order valence-electron chi connectivity index (χ1n) is 14.4. The van der Waals surface area contributed by atoms with Gasteiger partial charge in [-0.3, -0.25) is 9.59 Å². The molecule has 1 fully saturated rings. The van der Waals surface area contributed by atoms with Gasteiger partial charge in [-0.2, -0.15) is 4.98 Å². The number of likely N-dealkylation sites (N-methyl/N-ethyl adjacent to an activating group) is 1. The van der Waals surface area contributed by atoms with Gasteiger partial charge >= 0.3 is 0 Å². The first kappa shape index (κ1) is 25.2. The van der Waals surface area contributed by atoms with E-state index in [1.807, 2.05) is 12.2 Å². The summed E-state index contributed by atoms with van der Waals surface area (Å²) in [5.41, 5.74) is 4.66. The molecule has 3 aliphatic heterocycles.